The van der Waals surface area contributed by atoms with Gasteiger partial charge in [0.25, 0.3) is 0 Å². The van der Waals surface area contributed by atoms with E-state index >= 15 is 0 Å². The Balaban J connectivity index is 1.59. The molecule has 3 aromatic rings. The van der Waals surface area contributed by atoms with Gasteiger partial charge in [-0.25, -0.2) is 9.37 Å². The van der Waals surface area contributed by atoms with E-state index in [4.69, 9.17) is 4.42 Å². The quantitative estimate of drug-likeness (QED) is 0.694. The van der Waals surface area contributed by atoms with E-state index in [0.717, 1.165) is 0 Å². The van der Waals surface area contributed by atoms with Crippen LogP contribution in [0.25, 0.3) is 11.5 Å². The maximum atomic E-state index is 12.9. The van der Waals surface area contributed by atoms with E-state index in [1.807, 2.05) is 0 Å². The third kappa shape index (κ3) is 4.76. The number of hydrogen-bond donors (Lipinski definition) is 2. The number of aromatic nitrogens is 1. The number of thiazole rings is 1. The first-order valence-corrected chi connectivity index (χ1v) is 8.71. The van der Waals surface area contributed by atoms with Crippen molar-refractivity contribution in [1.29, 1.82) is 0 Å². The molecule has 8 heteroatoms. The molecule has 0 bridgehead atoms. The zero-order valence-electron chi connectivity index (χ0n) is 13.9. The standard InChI is InChI=1S/C18H16FN3O3S/c1-11(23)20-9-14-6-7-16(25-14)15-10-26-18(21-15)22-17(24)8-12-2-4-13(19)5-3-12/h2-7,10H,8-9H2,1H3,(H,20,23)(H,21,22,24). The van der Waals surface area contributed by atoms with Crippen LogP contribution in [0, 0.1) is 5.82 Å². The number of carbonyl (C=O) groups excluding carboxylic acids is 2. The first kappa shape index (κ1) is 17.8. The van der Waals surface area contributed by atoms with Gasteiger partial charge in [-0.05, 0) is 29.8 Å². The molecule has 2 aromatic heterocycles. The lowest BCUT2D eigenvalue weighted by molar-refractivity contribution is -0.119. The van der Waals surface area contributed by atoms with Gasteiger partial charge in [-0.3, -0.25) is 9.59 Å². The van der Waals surface area contributed by atoms with Crippen molar-refractivity contribution < 1.29 is 18.4 Å². The summed E-state index contributed by atoms with van der Waals surface area (Å²) in [5.74, 6) is 0.465. The van der Waals surface area contributed by atoms with Crippen LogP contribution < -0.4 is 10.6 Å². The average Bonchev–Trinajstić information content (AvgIpc) is 3.24. The fourth-order valence-corrected chi connectivity index (χ4v) is 2.93. The van der Waals surface area contributed by atoms with Gasteiger partial charge < -0.3 is 15.1 Å². The number of halogens is 1. The Morgan fingerprint density at radius 1 is 1.19 bits per heavy atom. The smallest absolute Gasteiger partial charge is 0.230 e. The number of nitrogens with one attached hydrogen (secondary N) is 2. The summed E-state index contributed by atoms with van der Waals surface area (Å²) in [5, 5.41) is 7.59. The normalized spacial score (nSPS) is 10.5. The van der Waals surface area contributed by atoms with Crippen LogP contribution in [0.4, 0.5) is 9.52 Å². The molecule has 0 saturated carbocycles. The van der Waals surface area contributed by atoms with Crippen LogP contribution in [0.2, 0.25) is 0 Å². The summed E-state index contributed by atoms with van der Waals surface area (Å²) in [7, 11) is 0. The Kier molecular flexibility index (Phi) is 5.43. The molecule has 6 nitrogen and oxygen atoms in total. The third-order valence-electron chi connectivity index (χ3n) is 3.45. The molecular formula is C18H16FN3O3S. The predicted octanol–water partition coefficient (Wildman–Crippen LogP) is 3.36. The number of rotatable bonds is 6. The molecule has 0 aliphatic rings. The second kappa shape index (κ2) is 7.92. The van der Waals surface area contributed by atoms with Gasteiger partial charge in [-0.2, -0.15) is 0 Å². The fraction of sp³-hybridized carbons (Fsp3) is 0.167. The summed E-state index contributed by atoms with van der Waals surface area (Å²) in [4.78, 5) is 27.3. The largest absolute Gasteiger partial charge is 0.458 e. The van der Waals surface area contributed by atoms with Gasteiger partial charge in [-0.15, -0.1) is 11.3 Å². The van der Waals surface area contributed by atoms with E-state index in [1.165, 1.54) is 30.4 Å². The van der Waals surface area contributed by atoms with Crippen molar-refractivity contribution >= 4 is 28.3 Å². The van der Waals surface area contributed by atoms with Gasteiger partial charge in [0.2, 0.25) is 11.8 Å². The minimum atomic E-state index is -0.338. The summed E-state index contributed by atoms with van der Waals surface area (Å²) in [6.07, 6.45) is 0.136. The monoisotopic (exact) mass is 373 g/mol. The summed E-state index contributed by atoms with van der Waals surface area (Å²) >= 11 is 1.28. The molecule has 2 N–H and O–H groups in total. The van der Waals surface area contributed by atoms with Crippen LogP contribution in [0.3, 0.4) is 0 Å². The van der Waals surface area contributed by atoms with Crippen LogP contribution in [0.5, 0.6) is 0 Å². The highest BCUT2D eigenvalue weighted by molar-refractivity contribution is 7.14. The number of amides is 2. The lowest BCUT2D eigenvalue weighted by Gasteiger charge is -2.02. The molecule has 0 atom stereocenters. The fourth-order valence-electron chi connectivity index (χ4n) is 2.22. The maximum absolute atomic E-state index is 12.9. The van der Waals surface area contributed by atoms with Crippen molar-refractivity contribution in [2.45, 2.75) is 19.9 Å². The van der Waals surface area contributed by atoms with Crippen molar-refractivity contribution in [2.75, 3.05) is 5.32 Å². The summed E-state index contributed by atoms with van der Waals surface area (Å²) in [5.41, 5.74) is 1.32. The van der Waals surface area contributed by atoms with E-state index in [1.54, 1.807) is 29.6 Å². The number of furan rings is 1. The third-order valence-corrected chi connectivity index (χ3v) is 4.21. The van der Waals surface area contributed by atoms with E-state index in [9.17, 15) is 14.0 Å². The summed E-state index contributed by atoms with van der Waals surface area (Å²) < 4.78 is 18.5. The zero-order valence-corrected chi connectivity index (χ0v) is 14.7. The SMILES string of the molecule is CC(=O)NCc1ccc(-c2csc(NC(=O)Cc3ccc(F)cc3)n2)o1. The van der Waals surface area contributed by atoms with Crippen molar-refractivity contribution in [3.05, 3.63) is 58.9 Å². The highest BCUT2D eigenvalue weighted by Crippen LogP contribution is 2.26. The minimum Gasteiger partial charge on any atom is -0.458 e. The molecule has 0 aliphatic heterocycles. The van der Waals surface area contributed by atoms with Gasteiger partial charge in [0.15, 0.2) is 10.9 Å². The molecular weight excluding hydrogens is 357 g/mol. The predicted molar refractivity (Wildman–Crippen MR) is 96.1 cm³/mol. The molecule has 0 spiro atoms. The van der Waals surface area contributed by atoms with Crippen LogP contribution in [-0.2, 0) is 22.6 Å². The second-order valence-electron chi connectivity index (χ2n) is 5.57. The van der Waals surface area contributed by atoms with Crippen LogP contribution >= 0.6 is 11.3 Å². The van der Waals surface area contributed by atoms with Crippen LogP contribution in [-0.4, -0.2) is 16.8 Å². The molecule has 3 rings (SSSR count). The van der Waals surface area contributed by atoms with Gasteiger partial charge in [0.1, 0.15) is 17.3 Å². The van der Waals surface area contributed by atoms with Crippen LogP contribution in [0.15, 0.2) is 46.2 Å². The Labute approximate surface area is 153 Å². The lowest BCUT2D eigenvalue weighted by Crippen LogP contribution is -2.18. The number of hydrogen-bond acceptors (Lipinski definition) is 5. The molecule has 1 aromatic carbocycles. The zero-order chi connectivity index (χ0) is 18.5. The molecule has 0 radical (unpaired) electrons. The van der Waals surface area contributed by atoms with Gasteiger partial charge >= 0.3 is 0 Å². The maximum Gasteiger partial charge on any atom is 0.230 e. The van der Waals surface area contributed by atoms with E-state index in [-0.39, 0.29) is 24.1 Å². The Bertz CT molecular complexity index is 918. The van der Waals surface area contributed by atoms with E-state index < -0.39 is 0 Å². The summed E-state index contributed by atoms with van der Waals surface area (Å²) in [6, 6.07) is 9.30. The van der Waals surface area contributed by atoms with Crippen molar-refractivity contribution in [3.63, 3.8) is 0 Å². The van der Waals surface area contributed by atoms with E-state index in [2.05, 4.69) is 15.6 Å². The molecule has 0 aliphatic carbocycles. The first-order chi connectivity index (χ1) is 12.5. The minimum absolute atomic E-state index is 0.136. The summed E-state index contributed by atoms with van der Waals surface area (Å²) in [6.45, 7) is 1.74. The highest BCUT2D eigenvalue weighted by Gasteiger charge is 2.12. The lowest BCUT2D eigenvalue weighted by atomic mass is 10.1. The van der Waals surface area contributed by atoms with Gasteiger partial charge in [-0.1, -0.05) is 12.1 Å². The van der Waals surface area contributed by atoms with E-state index in [0.29, 0.717) is 34.5 Å². The van der Waals surface area contributed by atoms with Gasteiger partial charge in [0.05, 0.1) is 13.0 Å². The topological polar surface area (TPSA) is 84.2 Å². The number of carbonyl (C=O) groups is 2. The second-order valence-corrected chi connectivity index (χ2v) is 6.42. The molecule has 0 saturated heterocycles. The molecule has 2 heterocycles. The van der Waals surface area contributed by atoms with Crippen molar-refractivity contribution in [3.8, 4) is 11.5 Å². The molecule has 26 heavy (non-hydrogen) atoms. The molecule has 0 fully saturated rings. The first-order valence-electron chi connectivity index (χ1n) is 7.83. The van der Waals surface area contributed by atoms with Gasteiger partial charge in [0, 0.05) is 12.3 Å². The molecule has 134 valence electrons. The molecule has 0 unspecified atom stereocenters. The Hall–Kier alpha value is -3.00. The molecule has 2 amide bonds. The average molecular weight is 373 g/mol. The highest BCUT2D eigenvalue weighted by atomic mass is 32.1. The number of nitrogens with zero attached hydrogens (tertiary/aromatic N) is 1. The number of anilines is 1. The Morgan fingerprint density at radius 3 is 2.69 bits per heavy atom. The van der Waals surface area contributed by atoms with Crippen molar-refractivity contribution in [1.82, 2.24) is 10.3 Å². The van der Waals surface area contributed by atoms with Crippen molar-refractivity contribution in [2.24, 2.45) is 0 Å². The van der Waals surface area contributed by atoms with Crippen LogP contribution in [0.1, 0.15) is 18.2 Å². The number of benzene rings is 1. The Morgan fingerprint density at radius 2 is 1.96 bits per heavy atom.